The summed E-state index contributed by atoms with van der Waals surface area (Å²) in [5, 5.41) is 3.22. The predicted molar refractivity (Wildman–Crippen MR) is 75.5 cm³/mol. The molecule has 0 spiro atoms. The normalized spacial score (nSPS) is 17.9. The van der Waals surface area contributed by atoms with Crippen molar-refractivity contribution >= 4 is 23.6 Å². The van der Waals surface area contributed by atoms with Gasteiger partial charge >= 0.3 is 12.0 Å². The van der Waals surface area contributed by atoms with E-state index in [4.69, 9.17) is 11.6 Å². The molecule has 0 saturated carbocycles. The van der Waals surface area contributed by atoms with Crippen molar-refractivity contribution < 1.29 is 14.3 Å². The van der Waals surface area contributed by atoms with Gasteiger partial charge in [0.25, 0.3) is 0 Å². The fourth-order valence-corrected chi connectivity index (χ4v) is 2.66. The molecule has 0 aliphatic carbocycles. The molecule has 1 fully saturated rings. The van der Waals surface area contributed by atoms with E-state index in [1.807, 2.05) is 24.3 Å². The van der Waals surface area contributed by atoms with E-state index in [9.17, 15) is 9.59 Å². The molecule has 6 heteroatoms. The number of nitrogens with one attached hydrogen (secondary N) is 1. The maximum atomic E-state index is 12.1. The van der Waals surface area contributed by atoms with Gasteiger partial charge in [-0.15, -0.1) is 0 Å². The zero-order valence-electron chi connectivity index (χ0n) is 11.3. The molecule has 0 bridgehead atoms. The third kappa shape index (κ3) is 3.22. The number of methoxy groups -OCH3 is 1. The lowest BCUT2D eigenvalue weighted by Gasteiger charge is -2.25. The van der Waals surface area contributed by atoms with E-state index < -0.39 is 5.97 Å². The number of esters is 1. The van der Waals surface area contributed by atoms with E-state index in [1.54, 1.807) is 4.90 Å². The van der Waals surface area contributed by atoms with Gasteiger partial charge in [0.15, 0.2) is 0 Å². The van der Waals surface area contributed by atoms with E-state index in [1.165, 1.54) is 7.11 Å². The van der Waals surface area contributed by atoms with Gasteiger partial charge in [0.2, 0.25) is 0 Å². The summed E-state index contributed by atoms with van der Waals surface area (Å²) >= 11 is 6.19. The number of ether oxygens (including phenoxy) is 1. The molecule has 1 aromatic rings. The van der Waals surface area contributed by atoms with Gasteiger partial charge < -0.3 is 15.0 Å². The zero-order valence-corrected chi connectivity index (χ0v) is 12.0. The second-order valence-corrected chi connectivity index (χ2v) is 5.01. The summed E-state index contributed by atoms with van der Waals surface area (Å²) < 4.78 is 4.50. The summed E-state index contributed by atoms with van der Waals surface area (Å²) in [5.41, 5.74) is 0.944. The van der Waals surface area contributed by atoms with E-state index in [0.717, 1.165) is 18.4 Å². The van der Waals surface area contributed by atoms with Crippen LogP contribution in [0.2, 0.25) is 5.02 Å². The molecule has 1 aromatic carbocycles. The molecular weight excluding hydrogens is 280 g/mol. The maximum Gasteiger partial charge on any atom is 0.325 e. The van der Waals surface area contributed by atoms with Crippen LogP contribution in [-0.4, -0.2) is 37.1 Å². The third-order valence-electron chi connectivity index (χ3n) is 3.39. The Bertz CT molecular complexity index is 507. The minimum atomic E-state index is -0.466. The zero-order chi connectivity index (χ0) is 14.5. The highest BCUT2D eigenvalue weighted by atomic mass is 35.5. The number of rotatable bonds is 3. The van der Waals surface area contributed by atoms with Crippen molar-refractivity contribution in [1.29, 1.82) is 0 Å². The number of carbonyl (C=O) groups is 2. The SMILES string of the molecule is COC(=O)CNC(=O)N1CCC[C@H]1c1ccccc1Cl. The quantitative estimate of drug-likeness (QED) is 0.871. The number of amides is 2. The lowest BCUT2D eigenvalue weighted by Crippen LogP contribution is -2.41. The van der Waals surface area contributed by atoms with Gasteiger partial charge in [0.1, 0.15) is 6.54 Å². The Morgan fingerprint density at radius 1 is 1.45 bits per heavy atom. The number of halogens is 1. The fraction of sp³-hybridized carbons (Fsp3) is 0.429. The monoisotopic (exact) mass is 296 g/mol. The lowest BCUT2D eigenvalue weighted by molar-refractivity contribution is -0.139. The summed E-state index contributed by atoms with van der Waals surface area (Å²) in [4.78, 5) is 24.9. The number of benzene rings is 1. The van der Waals surface area contributed by atoms with Gasteiger partial charge in [-0.05, 0) is 24.5 Å². The fourth-order valence-electron chi connectivity index (χ4n) is 2.40. The van der Waals surface area contributed by atoms with Crippen LogP contribution in [0.4, 0.5) is 4.79 Å². The van der Waals surface area contributed by atoms with Crippen LogP contribution in [0.1, 0.15) is 24.4 Å². The van der Waals surface area contributed by atoms with E-state index >= 15 is 0 Å². The molecule has 108 valence electrons. The van der Waals surface area contributed by atoms with Crippen LogP contribution in [0.5, 0.6) is 0 Å². The molecule has 5 nitrogen and oxygen atoms in total. The van der Waals surface area contributed by atoms with Crippen molar-refractivity contribution in [3.8, 4) is 0 Å². The first-order valence-electron chi connectivity index (χ1n) is 6.49. The first kappa shape index (κ1) is 14.7. The summed E-state index contributed by atoms with van der Waals surface area (Å²) in [7, 11) is 1.29. The predicted octanol–water partition coefficient (Wildman–Crippen LogP) is 2.36. The van der Waals surface area contributed by atoms with Crippen LogP contribution >= 0.6 is 11.6 Å². The van der Waals surface area contributed by atoms with Gasteiger partial charge in [-0.25, -0.2) is 4.79 Å². The van der Waals surface area contributed by atoms with Crippen LogP contribution in [0.15, 0.2) is 24.3 Å². The van der Waals surface area contributed by atoms with Crippen molar-refractivity contribution in [2.24, 2.45) is 0 Å². The summed E-state index contributed by atoms with van der Waals surface area (Å²) in [5.74, 6) is -0.466. The van der Waals surface area contributed by atoms with Crippen molar-refractivity contribution in [1.82, 2.24) is 10.2 Å². The largest absolute Gasteiger partial charge is 0.468 e. The molecule has 1 atom stereocenters. The topological polar surface area (TPSA) is 58.6 Å². The Balaban J connectivity index is 2.06. The van der Waals surface area contributed by atoms with Crippen LogP contribution in [-0.2, 0) is 9.53 Å². The molecule has 1 heterocycles. The number of hydrogen-bond acceptors (Lipinski definition) is 3. The number of urea groups is 1. The highest BCUT2D eigenvalue weighted by Gasteiger charge is 2.31. The molecule has 2 rings (SSSR count). The molecule has 1 aliphatic heterocycles. The van der Waals surface area contributed by atoms with E-state index in [0.29, 0.717) is 11.6 Å². The Morgan fingerprint density at radius 2 is 2.20 bits per heavy atom. The smallest absolute Gasteiger partial charge is 0.325 e. The average Bonchev–Trinajstić information content (AvgIpc) is 2.94. The number of nitrogens with zero attached hydrogens (tertiary/aromatic N) is 1. The van der Waals surface area contributed by atoms with Crippen LogP contribution < -0.4 is 5.32 Å². The van der Waals surface area contributed by atoms with Gasteiger partial charge in [0, 0.05) is 11.6 Å². The van der Waals surface area contributed by atoms with E-state index in [2.05, 4.69) is 10.1 Å². The van der Waals surface area contributed by atoms with Gasteiger partial charge in [0.05, 0.1) is 13.2 Å². The van der Waals surface area contributed by atoms with Crippen molar-refractivity contribution in [3.05, 3.63) is 34.9 Å². The molecule has 20 heavy (non-hydrogen) atoms. The lowest BCUT2D eigenvalue weighted by atomic mass is 10.0. The number of hydrogen-bond donors (Lipinski definition) is 1. The van der Waals surface area contributed by atoms with Gasteiger partial charge in [-0.2, -0.15) is 0 Å². The Labute approximate surface area is 122 Å². The van der Waals surface area contributed by atoms with Crippen LogP contribution in [0.3, 0.4) is 0 Å². The molecule has 0 aromatic heterocycles. The van der Waals surface area contributed by atoms with E-state index in [-0.39, 0.29) is 18.6 Å². The van der Waals surface area contributed by atoms with Gasteiger partial charge in [-0.3, -0.25) is 4.79 Å². The molecule has 1 N–H and O–H groups in total. The second-order valence-electron chi connectivity index (χ2n) is 4.61. The Morgan fingerprint density at radius 3 is 2.90 bits per heavy atom. The number of carbonyl (C=O) groups excluding carboxylic acids is 2. The third-order valence-corrected chi connectivity index (χ3v) is 3.73. The minimum absolute atomic E-state index is 0.0404. The Hall–Kier alpha value is -1.75. The molecule has 1 saturated heterocycles. The average molecular weight is 297 g/mol. The molecule has 0 unspecified atom stereocenters. The molecular formula is C14H17ClN2O3. The van der Waals surface area contributed by atoms with Crippen LogP contribution in [0, 0.1) is 0 Å². The molecule has 0 radical (unpaired) electrons. The summed E-state index contributed by atoms with van der Waals surface area (Å²) in [6.07, 6.45) is 1.79. The summed E-state index contributed by atoms with van der Waals surface area (Å²) in [6, 6.07) is 7.21. The Kier molecular flexibility index (Phi) is 4.84. The second kappa shape index (κ2) is 6.61. The molecule has 2 amide bonds. The summed E-state index contributed by atoms with van der Waals surface area (Å²) in [6.45, 7) is 0.532. The molecule has 1 aliphatic rings. The van der Waals surface area contributed by atoms with Crippen LogP contribution in [0.25, 0.3) is 0 Å². The number of likely N-dealkylation sites (tertiary alicyclic amines) is 1. The highest BCUT2D eigenvalue weighted by Crippen LogP contribution is 2.35. The van der Waals surface area contributed by atoms with Crippen molar-refractivity contribution in [2.45, 2.75) is 18.9 Å². The first-order valence-corrected chi connectivity index (χ1v) is 6.87. The van der Waals surface area contributed by atoms with Gasteiger partial charge in [-0.1, -0.05) is 29.8 Å². The first-order chi connectivity index (χ1) is 9.63. The van der Waals surface area contributed by atoms with Crippen molar-refractivity contribution in [3.63, 3.8) is 0 Å². The standard InChI is InChI=1S/C14H17ClN2O3/c1-20-13(18)9-16-14(19)17-8-4-7-12(17)10-5-2-3-6-11(10)15/h2-3,5-6,12H,4,7-9H2,1H3,(H,16,19)/t12-/m0/s1. The highest BCUT2D eigenvalue weighted by molar-refractivity contribution is 6.31. The maximum absolute atomic E-state index is 12.1. The van der Waals surface area contributed by atoms with Crippen molar-refractivity contribution in [2.75, 3.05) is 20.2 Å². The minimum Gasteiger partial charge on any atom is -0.468 e.